The maximum absolute atomic E-state index is 6.18. The molecular formula is C19H21N3. The highest BCUT2D eigenvalue weighted by atomic mass is 15.1. The smallest absolute Gasteiger partial charge is 0.112 e. The standard InChI is InChI=1S/C19H21N3/c1-12-9-17(20)11-22-13(2)18(21-19(12)22)16-8-7-14-5-3-4-6-15(14)10-16/h3-8,10,12,17H,9,11,20H2,1-2H3. The minimum absolute atomic E-state index is 0.236. The first-order valence-corrected chi connectivity index (χ1v) is 7.95. The first kappa shape index (κ1) is 13.5. The molecule has 2 N–H and O–H groups in total. The number of hydrogen-bond acceptors (Lipinski definition) is 2. The molecule has 2 atom stereocenters. The van der Waals surface area contributed by atoms with E-state index in [0.717, 1.165) is 18.7 Å². The number of rotatable bonds is 1. The molecule has 0 saturated heterocycles. The third-order valence-corrected chi connectivity index (χ3v) is 4.79. The molecule has 0 fully saturated rings. The summed E-state index contributed by atoms with van der Waals surface area (Å²) in [5.74, 6) is 1.61. The van der Waals surface area contributed by atoms with Crippen LogP contribution in [0.15, 0.2) is 42.5 Å². The number of hydrogen-bond donors (Lipinski definition) is 1. The Morgan fingerprint density at radius 1 is 1.14 bits per heavy atom. The fraction of sp³-hybridized carbons (Fsp3) is 0.316. The predicted molar refractivity (Wildman–Crippen MR) is 90.9 cm³/mol. The van der Waals surface area contributed by atoms with E-state index in [-0.39, 0.29) is 6.04 Å². The molecule has 3 heteroatoms. The monoisotopic (exact) mass is 291 g/mol. The van der Waals surface area contributed by atoms with E-state index in [1.165, 1.54) is 27.9 Å². The van der Waals surface area contributed by atoms with E-state index in [1.54, 1.807) is 0 Å². The summed E-state index contributed by atoms with van der Waals surface area (Å²) < 4.78 is 2.31. The number of nitrogens with two attached hydrogens (primary N) is 1. The van der Waals surface area contributed by atoms with Crippen molar-refractivity contribution in [1.29, 1.82) is 0 Å². The van der Waals surface area contributed by atoms with Gasteiger partial charge in [0.25, 0.3) is 0 Å². The van der Waals surface area contributed by atoms with Crippen LogP contribution in [-0.2, 0) is 6.54 Å². The van der Waals surface area contributed by atoms with Gasteiger partial charge in [-0.3, -0.25) is 0 Å². The molecule has 0 aliphatic carbocycles. The second kappa shape index (κ2) is 4.96. The van der Waals surface area contributed by atoms with Gasteiger partial charge in [-0.1, -0.05) is 43.3 Å². The van der Waals surface area contributed by atoms with Gasteiger partial charge in [-0.15, -0.1) is 0 Å². The van der Waals surface area contributed by atoms with Crippen LogP contribution in [0.2, 0.25) is 0 Å². The van der Waals surface area contributed by atoms with Crippen LogP contribution in [0.5, 0.6) is 0 Å². The lowest BCUT2D eigenvalue weighted by Gasteiger charge is -2.26. The summed E-state index contributed by atoms with van der Waals surface area (Å²) in [5.41, 5.74) is 9.70. The predicted octanol–water partition coefficient (Wildman–Crippen LogP) is 3.85. The van der Waals surface area contributed by atoms with Crippen molar-refractivity contribution in [3.05, 3.63) is 54.0 Å². The van der Waals surface area contributed by atoms with Gasteiger partial charge < -0.3 is 10.3 Å². The van der Waals surface area contributed by atoms with Gasteiger partial charge in [-0.2, -0.15) is 0 Å². The van der Waals surface area contributed by atoms with Gasteiger partial charge in [-0.25, -0.2) is 4.98 Å². The second-order valence-electron chi connectivity index (χ2n) is 6.47. The molecule has 112 valence electrons. The summed E-state index contributed by atoms with van der Waals surface area (Å²) >= 11 is 0. The fourth-order valence-electron chi connectivity index (χ4n) is 3.64. The molecule has 1 aliphatic heterocycles. The van der Waals surface area contributed by atoms with Crippen LogP contribution >= 0.6 is 0 Å². The van der Waals surface area contributed by atoms with E-state index in [0.29, 0.717) is 5.92 Å². The Kier molecular flexibility index (Phi) is 3.05. The van der Waals surface area contributed by atoms with Crippen LogP contribution in [0.1, 0.15) is 30.8 Å². The highest BCUT2D eigenvalue weighted by Crippen LogP contribution is 2.33. The van der Waals surface area contributed by atoms with Gasteiger partial charge in [0.1, 0.15) is 5.82 Å². The quantitative estimate of drug-likeness (QED) is 0.740. The fourth-order valence-corrected chi connectivity index (χ4v) is 3.64. The maximum atomic E-state index is 6.18. The van der Waals surface area contributed by atoms with Gasteiger partial charge in [0.05, 0.1) is 5.69 Å². The maximum Gasteiger partial charge on any atom is 0.112 e. The van der Waals surface area contributed by atoms with Crippen LogP contribution in [-0.4, -0.2) is 15.6 Å². The Labute approximate surface area is 130 Å². The molecule has 0 amide bonds. The number of benzene rings is 2. The van der Waals surface area contributed by atoms with Gasteiger partial charge in [0, 0.05) is 29.8 Å². The van der Waals surface area contributed by atoms with Crippen LogP contribution in [0.25, 0.3) is 22.0 Å². The Morgan fingerprint density at radius 3 is 2.73 bits per heavy atom. The first-order valence-electron chi connectivity index (χ1n) is 7.95. The van der Waals surface area contributed by atoms with Gasteiger partial charge in [0.15, 0.2) is 0 Å². The van der Waals surface area contributed by atoms with Crippen molar-refractivity contribution in [3.63, 3.8) is 0 Å². The highest BCUT2D eigenvalue weighted by Gasteiger charge is 2.26. The zero-order chi connectivity index (χ0) is 15.3. The average molecular weight is 291 g/mol. The van der Waals surface area contributed by atoms with Gasteiger partial charge >= 0.3 is 0 Å². The number of aromatic nitrogens is 2. The lowest BCUT2D eigenvalue weighted by Crippen LogP contribution is -2.34. The second-order valence-corrected chi connectivity index (χ2v) is 6.47. The lowest BCUT2D eigenvalue weighted by molar-refractivity contribution is 0.403. The summed E-state index contributed by atoms with van der Waals surface area (Å²) in [4.78, 5) is 4.95. The van der Waals surface area contributed by atoms with Crippen LogP contribution in [0, 0.1) is 6.92 Å². The Balaban J connectivity index is 1.87. The van der Waals surface area contributed by atoms with Crippen molar-refractivity contribution in [1.82, 2.24) is 9.55 Å². The zero-order valence-electron chi connectivity index (χ0n) is 13.1. The van der Waals surface area contributed by atoms with E-state index in [1.807, 2.05) is 0 Å². The summed E-state index contributed by atoms with van der Waals surface area (Å²) in [6.07, 6.45) is 1.02. The third kappa shape index (κ3) is 2.04. The van der Waals surface area contributed by atoms with Crippen molar-refractivity contribution in [3.8, 4) is 11.3 Å². The van der Waals surface area contributed by atoms with Crippen molar-refractivity contribution < 1.29 is 0 Å². The third-order valence-electron chi connectivity index (χ3n) is 4.79. The van der Waals surface area contributed by atoms with Gasteiger partial charge in [-0.05, 0) is 30.2 Å². The normalized spacial score (nSPS) is 21.0. The van der Waals surface area contributed by atoms with Crippen molar-refractivity contribution in [2.75, 3.05) is 0 Å². The minimum Gasteiger partial charge on any atom is -0.330 e. The van der Waals surface area contributed by atoms with E-state index < -0.39 is 0 Å². The molecule has 4 rings (SSSR count). The Hall–Kier alpha value is -2.13. The molecule has 3 nitrogen and oxygen atoms in total. The first-order chi connectivity index (χ1) is 10.6. The molecule has 3 aromatic rings. The van der Waals surface area contributed by atoms with E-state index in [4.69, 9.17) is 10.7 Å². The molecule has 1 aromatic heterocycles. The molecule has 1 aliphatic rings. The van der Waals surface area contributed by atoms with Crippen LogP contribution < -0.4 is 5.73 Å². The zero-order valence-corrected chi connectivity index (χ0v) is 13.1. The molecule has 22 heavy (non-hydrogen) atoms. The largest absolute Gasteiger partial charge is 0.330 e. The molecule has 2 unspecified atom stereocenters. The van der Waals surface area contributed by atoms with E-state index in [2.05, 4.69) is 60.9 Å². The summed E-state index contributed by atoms with van der Waals surface area (Å²) in [6, 6.07) is 15.3. The Morgan fingerprint density at radius 2 is 1.91 bits per heavy atom. The van der Waals surface area contributed by atoms with Crippen molar-refractivity contribution in [2.24, 2.45) is 5.73 Å². The van der Waals surface area contributed by atoms with Crippen LogP contribution in [0.3, 0.4) is 0 Å². The number of imidazole rings is 1. The lowest BCUT2D eigenvalue weighted by atomic mass is 9.98. The van der Waals surface area contributed by atoms with E-state index in [9.17, 15) is 0 Å². The SMILES string of the molecule is Cc1c(-c2ccc3ccccc3c2)nc2n1CC(N)CC2C. The summed E-state index contributed by atoms with van der Waals surface area (Å²) in [5, 5.41) is 2.53. The number of fused-ring (bicyclic) bond motifs is 2. The molecule has 0 bridgehead atoms. The molecular weight excluding hydrogens is 270 g/mol. The molecule has 0 saturated carbocycles. The topological polar surface area (TPSA) is 43.8 Å². The highest BCUT2D eigenvalue weighted by molar-refractivity contribution is 5.87. The Bertz CT molecular complexity index is 847. The van der Waals surface area contributed by atoms with Gasteiger partial charge in [0.2, 0.25) is 0 Å². The van der Waals surface area contributed by atoms with Crippen LogP contribution in [0.4, 0.5) is 0 Å². The summed E-state index contributed by atoms with van der Waals surface area (Å²) in [7, 11) is 0. The minimum atomic E-state index is 0.236. The summed E-state index contributed by atoms with van der Waals surface area (Å²) in [6.45, 7) is 5.26. The molecule has 2 heterocycles. The van der Waals surface area contributed by atoms with E-state index >= 15 is 0 Å². The average Bonchev–Trinajstić information content (AvgIpc) is 2.84. The molecule has 0 spiro atoms. The van der Waals surface area contributed by atoms with Crippen molar-refractivity contribution >= 4 is 10.8 Å². The number of nitrogens with zero attached hydrogens (tertiary/aromatic N) is 2. The molecule has 2 aromatic carbocycles. The van der Waals surface area contributed by atoms with Crippen molar-refractivity contribution in [2.45, 2.75) is 38.8 Å². The molecule has 0 radical (unpaired) electrons.